The number of nitrogens with zero attached hydrogens (tertiary/aromatic N) is 2. The highest BCUT2D eigenvalue weighted by Gasteiger charge is 2.46. The minimum absolute atomic E-state index is 0.0796. The maximum atomic E-state index is 14.0. The Balaban J connectivity index is 1.57. The maximum absolute atomic E-state index is 14.0. The average Bonchev–Trinajstić information content (AvgIpc) is 3.21. The summed E-state index contributed by atoms with van der Waals surface area (Å²) in [5.74, 6) is -0.883. The molecule has 0 saturated carbocycles. The fourth-order valence-electron chi connectivity index (χ4n) is 2.71. The van der Waals surface area contributed by atoms with Crippen LogP contribution in [0.3, 0.4) is 0 Å². The quantitative estimate of drug-likeness (QED) is 0.879. The lowest BCUT2D eigenvalue weighted by atomic mass is 10.1. The zero-order valence-corrected chi connectivity index (χ0v) is 14.0. The van der Waals surface area contributed by atoms with Gasteiger partial charge in [-0.25, -0.2) is 14.2 Å². The lowest BCUT2D eigenvalue weighted by molar-refractivity contribution is -0.150. The van der Waals surface area contributed by atoms with Crippen molar-refractivity contribution < 1.29 is 23.5 Å². The number of rotatable bonds is 5. The molecule has 1 aromatic heterocycles. The van der Waals surface area contributed by atoms with Gasteiger partial charge in [-0.2, -0.15) is 0 Å². The van der Waals surface area contributed by atoms with Crippen LogP contribution in [0.1, 0.15) is 18.7 Å². The van der Waals surface area contributed by atoms with E-state index >= 15 is 0 Å². The number of carboxylic acid groups (broad SMARTS) is 1. The SMILES string of the molecule is O=C(CCc1ncc(-c2ccc(Cl)cc2)o1)N1CCC(F)(C(=O)O)C1. The van der Waals surface area contributed by atoms with Crippen LogP contribution in [0.5, 0.6) is 0 Å². The van der Waals surface area contributed by atoms with Gasteiger partial charge >= 0.3 is 5.97 Å². The minimum Gasteiger partial charge on any atom is -0.479 e. The number of carbonyl (C=O) groups is 2. The van der Waals surface area contributed by atoms with Crippen molar-refractivity contribution in [3.8, 4) is 11.3 Å². The summed E-state index contributed by atoms with van der Waals surface area (Å²) in [6, 6.07) is 7.08. The second-order valence-electron chi connectivity index (χ2n) is 5.96. The van der Waals surface area contributed by atoms with E-state index in [1.54, 1.807) is 30.5 Å². The number of carboxylic acids is 1. The van der Waals surface area contributed by atoms with E-state index in [1.165, 1.54) is 4.90 Å². The molecule has 0 bridgehead atoms. The Morgan fingerprint density at radius 2 is 2.08 bits per heavy atom. The molecule has 3 rings (SSSR count). The van der Waals surface area contributed by atoms with Crippen LogP contribution in [0.25, 0.3) is 11.3 Å². The van der Waals surface area contributed by atoms with E-state index in [0.717, 1.165) is 5.56 Å². The predicted molar refractivity (Wildman–Crippen MR) is 87.9 cm³/mol. The number of alkyl halides is 1. The molecular formula is C17H16ClFN2O4. The highest BCUT2D eigenvalue weighted by molar-refractivity contribution is 6.30. The zero-order chi connectivity index (χ0) is 18.0. The Kier molecular flexibility index (Phi) is 4.76. The molecule has 8 heteroatoms. The minimum atomic E-state index is -2.35. The summed E-state index contributed by atoms with van der Waals surface area (Å²) in [6.07, 6.45) is 1.72. The molecule has 25 heavy (non-hydrogen) atoms. The van der Waals surface area contributed by atoms with Crippen molar-refractivity contribution >= 4 is 23.5 Å². The number of aromatic nitrogens is 1. The van der Waals surface area contributed by atoms with Crippen molar-refractivity contribution in [2.75, 3.05) is 13.1 Å². The molecule has 0 radical (unpaired) electrons. The van der Waals surface area contributed by atoms with Gasteiger partial charge in [0.1, 0.15) is 0 Å². The first-order chi connectivity index (χ1) is 11.9. The monoisotopic (exact) mass is 366 g/mol. The van der Waals surface area contributed by atoms with Gasteiger partial charge in [-0.3, -0.25) is 4.79 Å². The van der Waals surface area contributed by atoms with Gasteiger partial charge in [0.2, 0.25) is 11.6 Å². The number of hydrogen-bond donors (Lipinski definition) is 1. The van der Waals surface area contributed by atoms with Gasteiger partial charge in [-0.15, -0.1) is 0 Å². The van der Waals surface area contributed by atoms with Crippen molar-refractivity contribution in [3.05, 3.63) is 41.4 Å². The van der Waals surface area contributed by atoms with Crippen molar-refractivity contribution in [2.24, 2.45) is 0 Å². The van der Waals surface area contributed by atoms with E-state index in [9.17, 15) is 14.0 Å². The Morgan fingerprint density at radius 3 is 2.72 bits per heavy atom. The van der Waals surface area contributed by atoms with Crippen LogP contribution < -0.4 is 0 Å². The van der Waals surface area contributed by atoms with Crippen LogP contribution in [-0.2, 0) is 16.0 Å². The van der Waals surface area contributed by atoms with Gasteiger partial charge < -0.3 is 14.4 Å². The predicted octanol–water partition coefficient (Wildman–Crippen LogP) is 2.95. The van der Waals surface area contributed by atoms with E-state index in [-0.39, 0.29) is 31.7 Å². The van der Waals surface area contributed by atoms with Crippen molar-refractivity contribution in [2.45, 2.75) is 24.9 Å². The van der Waals surface area contributed by atoms with Crippen molar-refractivity contribution in [1.82, 2.24) is 9.88 Å². The molecule has 0 spiro atoms. The molecule has 1 N–H and O–H groups in total. The smallest absolute Gasteiger partial charge is 0.343 e. The summed E-state index contributed by atoms with van der Waals surface area (Å²) < 4.78 is 19.6. The van der Waals surface area contributed by atoms with Crippen molar-refractivity contribution in [3.63, 3.8) is 0 Å². The lowest BCUT2D eigenvalue weighted by Gasteiger charge is -2.17. The van der Waals surface area contributed by atoms with Gasteiger partial charge in [0.05, 0.1) is 12.7 Å². The summed E-state index contributed by atoms with van der Waals surface area (Å²) in [5, 5.41) is 9.48. The number of halogens is 2. The zero-order valence-electron chi connectivity index (χ0n) is 13.2. The topological polar surface area (TPSA) is 83.6 Å². The molecule has 1 atom stereocenters. The molecule has 6 nitrogen and oxygen atoms in total. The van der Waals surface area contributed by atoms with Gasteiger partial charge in [0.15, 0.2) is 11.7 Å². The maximum Gasteiger partial charge on any atom is 0.343 e. The molecule has 1 aliphatic rings. The number of oxazole rings is 1. The summed E-state index contributed by atoms with van der Waals surface area (Å²) in [7, 11) is 0. The molecule has 1 amide bonds. The van der Waals surface area contributed by atoms with Gasteiger partial charge in [-0.05, 0) is 24.3 Å². The van der Waals surface area contributed by atoms with E-state index in [2.05, 4.69) is 4.98 Å². The van der Waals surface area contributed by atoms with E-state index < -0.39 is 18.2 Å². The molecule has 0 aliphatic carbocycles. The number of aryl methyl sites for hydroxylation is 1. The standard InChI is InChI=1S/C17H16ClFN2O4/c18-12-3-1-11(2-4-12)13-9-20-14(25-13)5-6-15(22)21-8-7-17(19,10-21)16(23)24/h1-4,9H,5-8,10H2,(H,23,24). The third-order valence-electron chi connectivity index (χ3n) is 4.19. The molecule has 2 aromatic rings. The first-order valence-electron chi connectivity index (χ1n) is 7.78. The Bertz CT molecular complexity index is 792. The summed E-state index contributed by atoms with van der Waals surface area (Å²) >= 11 is 5.84. The van der Waals surface area contributed by atoms with Crippen LogP contribution in [-0.4, -0.2) is 45.6 Å². The summed E-state index contributed by atoms with van der Waals surface area (Å²) in [4.78, 5) is 28.4. The Hall–Kier alpha value is -2.41. The van der Waals surface area contributed by atoms with E-state index in [1.807, 2.05) is 0 Å². The van der Waals surface area contributed by atoms with Gasteiger partial charge in [0, 0.05) is 36.4 Å². The first kappa shape index (κ1) is 17.4. The first-order valence-corrected chi connectivity index (χ1v) is 8.16. The molecule has 2 heterocycles. The lowest BCUT2D eigenvalue weighted by Crippen LogP contribution is -2.38. The van der Waals surface area contributed by atoms with Crippen LogP contribution >= 0.6 is 11.6 Å². The third-order valence-corrected chi connectivity index (χ3v) is 4.44. The molecule has 1 aromatic carbocycles. The largest absolute Gasteiger partial charge is 0.479 e. The van der Waals surface area contributed by atoms with Crippen LogP contribution in [0, 0.1) is 0 Å². The Labute approximate surface area is 148 Å². The number of aliphatic carboxylic acids is 1. The normalized spacial score (nSPS) is 20.0. The highest BCUT2D eigenvalue weighted by Crippen LogP contribution is 2.27. The average molecular weight is 367 g/mol. The van der Waals surface area contributed by atoms with Gasteiger partial charge in [0.25, 0.3) is 0 Å². The second-order valence-corrected chi connectivity index (χ2v) is 6.40. The third kappa shape index (κ3) is 3.82. The fourth-order valence-corrected chi connectivity index (χ4v) is 2.83. The molecule has 1 fully saturated rings. The number of hydrogen-bond acceptors (Lipinski definition) is 4. The van der Waals surface area contributed by atoms with Crippen molar-refractivity contribution in [1.29, 1.82) is 0 Å². The Morgan fingerprint density at radius 1 is 1.36 bits per heavy atom. The number of likely N-dealkylation sites (tertiary alicyclic amines) is 1. The molecule has 1 unspecified atom stereocenters. The molecule has 132 valence electrons. The highest BCUT2D eigenvalue weighted by atomic mass is 35.5. The number of amides is 1. The molecule has 1 aliphatic heterocycles. The molecular weight excluding hydrogens is 351 g/mol. The number of carbonyl (C=O) groups excluding carboxylic acids is 1. The summed E-state index contributed by atoms with van der Waals surface area (Å²) in [5.41, 5.74) is -1.53. The van der Waals surface area contributed by atoms with E-state index in [4.69, 9.17) is 21.1 Å². The van der Waals surface area contributed by atoms with Gasteiger partial charge in [-0.1, -0.05) is 11.6 Å². The fraction of sp³-hybridized carbons (Fsp3) is 0.353. The van der Waals surface area contributed by atoms with E-state index in [0.29, 0.717) is 16.7 Å². The van der Waals surface area contributed by atoms with Crippen LogP contribution in [0.15, 0.2) is 34.9 Å². The van der Waals surface area contributed by atoms with Crippen LogP contribution in [0.4, 0.5) is 4.39 Å². The second kappa shape index (κ2) is 6.84. The number of benzene rings is 1. The molecule has 1 saturated heterocycles. The van der Waals surface area contributed by atoms with Crippen LogP contribution in [0.2, 0.25) is 5.02 Å². The summed E-state index contributed by atoms with van der Waals surface area (Å²) in [6.45, 7) is -0.313.